The summed E-state index contributed by atoms with van der Waals surface area (Å²) in [5.41, 5.74) is 5.35. The van der Waals surface area contributed by atoms with Crippen molar-refractivity contribution in [2.45, 2.75) is 18.9 Å². The van der Waals surface area contributed by atoms with Crippen LogP contribution in [0.25, 0.3) is 0 Å². The van der Waals surface area contributed by atoms with Gasteiger partial charge >= 0.3 is 0 Å². The minimum atomic E-state index is 0.125. The first-order chi connectivity index (χ1) is 9.40. The number of hydrogen-bond acceptors (Lipinski definition) is 2. The Labute approximate surface area is 113 Å². The van der Waals surface area contributed by atoms with E-state index < -0.39 is 0 Å². The molecule has 0 aliphatic heterocycles. The van der Waals surface area contributed by atoms with Gasteiger partial charge in [0.25, 0.3) is 0 Å². The zero-order chi connectivity index (χ0) is 13.1. The van der Waals surface area contributed by atoms with Gasteiger partial charge in [-0.2, -0.15) is 0 Å². The van der Waals surface area contributed by atoms with E-state index in [-0.39, 0.29) is 6.04 Å². The highest BCUT2D eigenvalue weighted by molar-refractivity contribution is 5.53. The highest BCUT2D eigenvalue weighted by atomic mass is 16.1. The third-order valence-electron chi connectivity index (χ3n) is 3.80. The van der Waals surface area contributed by atoms with Gasteiger partial charge in [0, 0.05) is 0 Å². The highest BCUT2D eigenvalue weighted by Crippen LogP contribution is 2.32. The Hall–Kier alpha value is -1.93. The molecule has 2 heteroatoms. The number of hydrogen-bond donors (Lipinski definition) is 1. The molecule has 0 heterocycles. The van der Waals surface area contributed by atoms with Crippen LogP contribution in [0.4, 0.5) is 0 Å². The van der Waals surface area contributed by atoms with Crippen LogP contribution in [0.3, 0.4) is 0 Å². The number of aryl methyl sites for hydroxylation is 2. The molecule has 19 heavy (non-hydrogen) atoms. The van der Waals surface area contributed by atoms with Gasteiger partial charge in [0.05, 0.1) is 12.6 Å². The molecule has 0 atom stereocenters. The molecule has 96 valence electrons. The van der Waals surface area contributed by atoms with Crippen LogP contribution < -0.4 is 5.32 Å². The fraction of sp³-hybridized carbons (Fsp3) is 0.235. The molecule has 2 aromatic rings. The fourth-order valence-corrected chi connectivity index (χ4v) is 2.91. The Morgan fingerprint density at radius 3 is 2.00 bits per heavy atom. The maximum atomic E-state index is 10.7. The third-order valence-corrected chi connectivity index (χ3v) is 3.80. The van der Waals surface area contributed by atoms with Crippen LogP contribution in [0.1, 0.15) is 28.3 Å². The molecule has 1 aliphatic carbocycles. The van der Waals surface area contributed by atoms with Crippen molar-refractivity contribution in [3.63, 3.8) is 0 Å². The standard InChI is InChI=1S/C17H17NO/c19-12-11-18-17-15-7-3-1-5-13(15)9-10-14-6-2-4-8-16(14)17/h1-8,12,17-18H,9-11H2. The number of fused-ring (bicyclic) bond motifs is 2. The van der Waals surface area contributed by atoms with Crippen LogP contribution in [-0.4, -0.2) is 12.8 Å². The van der Waals surface area contributed by atoms with E-state index in [0.717, 1.165) is 19.1 Å². The molecule has 0 bridgehead atoms. The zero-order valence-electron chi connectivity index (χ0n) is 10.8. The molecule has 2 aromatic carbocycles. The average Bonchev–Trinajstić information content (AvgIpc) is 2.62. The topological polar surface area (TPSA) is 29.1 Å². The summed E-state index contributed by atoms with van der Waals surface area (Å²) in [7, 11) is 0. The molecular weight excluding hydrogens is 234 g/mol. The van der Waals surface area contributed by atoms with E-state index in [0.29, 0.717) is 6.54 Å². The van der Waals surface area contributed by atoms with E-state index in [4.69, 9.17) is 0 Å². The molecule has 0 aromatic heterocycles. The van der Waals surface area contributed by atoms with Gasteiger partial charge in [0.15, 0.2) is 0 Å². The van der Waals surface area contributed by atoms with Crippen LogP contribution in [-0.2, 0) is 17.6 Å². The largest absolute Gasteiger partial charge is 0.302 e. The SMILES string of the molecule is O=CCNC1c2ccccc2CCc2ccccc21. The zero-order valence-corrected chi connectivity index (χ0v) is 10.8. The lowest BCUT2D eigenvalue weighted by atomic mass is 9.95. The summed E-state index contributed by atoms with van der Waals surface area (Å²) in [4.78, 5) is 10.7. The second kappa shape index (κ2) is 5.37. The minimum absolute atomic E-state index is 0.125. The average molecular weight is 251 g/mol. The quantitative estimate of drug-likeness (QED) is 0.850. The molecule has 0 fully saturated rings. The van der Waals surface area contributed by atoms with Crippen molar-refractivity contribution >= 4 is 6.29 Å². The molecule has 0 spiro atoms. The fourth-order valence-electron chi connectivity index (χ4n) is 2.91. The summed E-state index contributed by atoms with van der Waals surface area (Å²) in [5.74, 6) is 0. The third kappa shape index (κ3) is 2.32. The van der Waals surface area contributed by atoms with E-state index in [2.05, 4.69) is 53.8 Å². The van der Waals surface area contributed by atoms with Gasteiger partial charge in [-0.1, -0.05) is 48.5 Å². The molecule has 0 saturated heterocycles. The predicted molar refractivity (Wildman–Crippen MR) is 76.2 cm³/mol. The van der Waals surface area contributed by atoms with E-state index in [1.165, 1.54) is 22.3 Å². The van der Waals surface area contributed by atoms with Crippen molar-refractivity contribution in [1.82, 2.24) is 5.32 Å². The second-order valence-corrected chi connectivity index (χ2v) is 4.91. The van der Waals surface area contributed by atoms with Gasteiger partial charge in [-0.05, 0) is 35.1 Å². The molecule has 1 aliphatic rings. The van der Waals surface area contributed by atoms with Gasteiger partial charge in [0.2, 0.25) is 0 Å². The molecule has 2 nitrogen and oxygen atoms in total. The lowest BCUT2D eigenvalue weighted by molar-refractivity contribution is -0.107. The minimum Gasteiger partial charge on any atom is -0.302 e. The van der Waals surface area contributed by atoms with E-state index in [9.17, 15) is 4.79 Å². The van der Waals surface area contributed by atoms with Crippen molar-refractivity contribution in [2.75, 3.05) is 6.54 Å². The Morgan fingerprint density at radius 2 is 1.47 bits per heavy atom. The molecule has 3 rings (SSSR count). The Balaban J connectivity index is 2.10. The van der Waals surface area contributed by atoms with Crippen molar-refractivity contribution in [1.29, 1.82) is 0 Å². The summed E-state index contributed by atoms with van der Waals surface area (Å²) in [5, 5.41) is 3.36. The molecule has 1 N–H and O–H groups in total. The van der Waals surface area contributed by atoms with Crippen molar-refractivity contribution in [3.8, 4) is 0 Å². The van der Waals surface area contributed by atoms with Crippen molar-refractivity contribution < 1.29 is 4.79 Å². The lowest BCUT2D eigenvalue weighted by Gasteiger charge is -2.20. The lowest BCUT2D eigenvalue weighted by Crippen LogP contribution is -2.25. The number of nitrogens with one attached hydrogen (secondary N) is 1. The maximum Gasteiger partial charge on any atom is 0.133 e. The van der Waals surface area contributed by atoms with Gasteiger partial charge in [-0.3, -0.25) is 5.32 Å². The van der Waals surface area contributed by atoms with Crippen LogP contribution >= 0.6 is 0 Å². The van der Waals surface area contributed by atoms with Gasteiger partial charge in [0.1, 0.15) is 6.29 Å². The van der Waals surface area contributed by atoms with E-state index >= 15 is 0 Å². The van der Waals surface area contributed by atoms with E-state index in [1.54, 1.807) is 0 Å². The summed E-state index contributed by atoms with van der Waals surface area (Å²) in [6.45, 7) is 0.382. The number of rotatable bonds is 3. The monoisotopic (exact) mass is 251 g/mol. The number of aldehydes is 1. The van der Waals surface area contributed by atoms with Crippen LogP contribution in [0.5, 0.6) is 0 Å². The van der Waals surface area contributed by atoms with E-state index in [1.807, 2.05) is 0 Å². The van der Waals surface area contributed by atoms with Crippen molar-refractivity contribution in [3.05, 3.63) is 70.8 Å². The Bertz CT molecular complexity index is 544. The van der Waals surface area contributed by atoms with Crippen LogP contribution in [0.15, 0.2) is 48.5 Å². The van der Waals surface area contributed by atoms with Crippen LogP contribution in [0.2, 0.25) is 0 Å². The maximum absolute atomic E-state index is 10.7. The molecule has 0 unspecified atom stereocenters. The van der Waals surface area contributed by atoms with Crippen molar-refractivity contribution in [2.24, 2.45) is 0 Å². The first-order valence-electron chi connectivity index (χ1n) is 6.73. The molecule has 0 radical (unpaired) electrons. The molecular formula is C17H17NO. The van der Waals surface area contributed by atoms with Gasteiger partial charge in [-0.25, -0.2) is 0 Å². The molecule has 0 saturated carbocycles. The number of carbonyl (C=O) groups is 1. The smallest absolute Gasteiger partial charge is 0.133 e. The highest BCUT2D eigenvalue weighted by Gasteiger charge is 2.22. The predicted octanol–water partition coefficient (Wildman–Crippen LogP) is 2.66. The summed E-state index contributed by atoms with van der Waals surface area (Å²) < 4.78 is 0. The Kier molecular flexibility index (Phi) is 3.43. The van der Waals surface area contributed by atoms with Gasteiger partial charge < -0.3 is 4.79 Å². The summed E-state index contributed by atoms with van der Waals surface area (Å²) >= 11 is 0. The van der Waals surface area contributed by atoms with Gasteiger partial charge in [-0.15, -0.1) is 0 Å². The summed E-state index contributed by atoms with van der Waals surface area (Å²) in [6.07, 6.45) is 3.05. The first-order valence-corrected chi connectivity index (χ1v) is 6.73. The number of carbonyl (C=O) groups excluding carboxylic acids is 1. The second-order valence-electron chi connectivity index (χ2n) is 4.91. The van der Waals surface area contributed by atoms with Crippen LogP contribution in [0, 0.1) is 0 Å². The summed E-state index contributed by atoms with van der Waals surface area (Å²) in [6, 6.07) is 17.2. The number of benzene rings is 2. The first kappa shape index (κ1) is 12.1. The normalized spacial score (nSPS) is 14.3. The Morgan fingerprint density at radius 1 is 0.947 bits per heavy atom. The molecule has 0 amide bonds.